The maximum atomic E-state index is 12.0. The van der Waals surface area contributed by atoms with E-state index < -0.39 is 0 Å². The third-order valence-corrected chi connectivity index (χ3v) is 2.75. The lowest BCUT2D eigenvalue weighted by Crippen LogP contribution is -2.31. The van der Waals surface area contributed by atoms with E-state index in [2.05, 4.69) is 10.3 Å². The maximum absolute atomic E-state index is 12.0. The van der Waals surface area contributed by atoms with E-state index in [0.717, 1.165) is 5.76 Å². The SMILES string of the molecule is CC(C(=O)NCc1ccco1)n1ccnc1CN. The molecule has 0 radical (unpaired) electrons. The van der Waals surface area contributed by atoms with E-state index in [0.29, 0.717) is 18.9 Å². The Morgan fingerprint density at radius 1 is 1.67 bits per heavy atom. The lowest BCUT2D eigenvalue weighted by atomic mass is 10.3. The summed E-state index contributed by atoms with van der Waals surface area (Å²) >= 11 is 0. The van der Waals surface area contributed by atoms with Gasteiger partial charge in [0.1, 0.15) is 17.6 Å². The van der Waals surface area contributed by atoms with Gasteiger partial charge in [-0.05, 0) is 19.1 Å². The van der Waals surface area contributed by atoms with Gasteiger partial charge in [-0.15, -0.1) is 0 Å². The summed E-state index contributed by atoms with van der Waals surface area (Å²) in [7, 11) is 0. The normalized spacial score (nSPS) is 12.3. The Hall–Kier alpha value is -2.08. The van der Waals surface area contributed by atoms with Crippen LogP contribution in [0.15, 0.2) is 35.2 Å². The van der Waals surface area contributed by atoms with Gasteiger partial charge in [-0.3, -0.25) is 4.79 Å². The number of furan rings is 1. The summed E-state index contributed by atoms with van der Waals surface area (Å²) in [5, 5.41) is 2.80. The molecule has 18 heavy (non-hydrogen) atoms. The average Bonchev–Trinajstić information content (AvgIpc) is 3.05. The van der Waals surface area contributed by atoms with Crippen LogP contribution in [0.25, 0.3) is 0 Å². The number of nitrogens with two attached hydrogens (primary N) is 1. The van der Waals surface area contributed by atoms with Crippen LogP contribution in [0.5, 0.6) is 0 Å². The molecule has 2 aromatic rings. The van der Waals surface area contributed by atoms with Gasteiger partial charge in [0.05, 0.1) is 19.4 Å². The van der Waals surface area contributed by atoms with Crippen LogP contribution in [0, 0.1) is 0 Å². The van der Waals surface area contributed by atoms with Crippen LogP contribution in [-0.4, -0.2) is 15.5 Å². The standard InChI is InChI=1S/C12H16N4O2/c1-9(16-5-4-14-11(16)7-13)12(17)15-8-10-3-2-6-18-10/h2-6,9H,7-8,13H2,1H3,(H,15,17). The highest BCUT2D eigenvalue weighted by Gasteiger charge is 2.16. The van der Waals surface area contributed by atoms with Gasteiger partial charge in [-0.2, -0.15) is 0 Å². The van der Waals surface area contributed by atoms with Crippen molar-refractivity contribution >= 4 is 5.91 Å². The summed E-state index contributed by atoms with van der Waals surface area (Å²) in [6.45, 7) is 2.49. The Morgan fingerprint density at radius 2 is 2.50 bits per heavy atom. The van der Waals surface area contributed by atoms with Crippen molar-refractivity contribution in [3.8, 4) is 0 Å². The quantitative estimate of drug-likeness (QED) is 0.820. The van der Waals surface area contributed by atoms with Crippen LogP contribution in [-0.2, 0) is 17.9 Å². The van der Waals surface area contributed by atoms with Crippen molar-refractivity contribution in [2.45, 2.75) is 26.1 Å². The first-order valence-electron chi connectivity index (χ1n) is 5.74. The molecule has 1 atom stereocenters. The number of hydrogen-bond donors (Lipinski definition) is 2. The van der Waals surface area contributed by atoms with Crippen LogP contribution in [0.2, 0.25) is 0 Å². The lowest BCUT2D eigenvalue weighted by Gasteiger charge is -2.15. The molecular formula is C12H16N4O2. The topological polar surface area (TPSA) is 86.1 Å². The Labute approximate surface area is 105 Å². The fourth-order valence-corrected chi connectivity index (χ4v) is 1.72. The number of nitrogens with one attached hydrogen (secondary N) is 1. The zero-order chi connectivity index (χ0) is 13.0. The molecule has 0 fully saturated rings. The highest BCUT2D eigenvalue weighted by molar-refractivity contribution is 5.79. The van der Waals surface area contributed by atoms with Crippen LogP contribution < -0.4 is 11.1 Å². The lowest BCUT2D eigenvalue weighted by molar-refractivity contribution is -0.124. The Morgan fingerprint density at radius 3 is 3.17 bits per heavy atom. The molecule has 0 aliphatic carbocycles. The van der Waals surface area contributed by atoms with E-state index in [1.54, 1.807) is 36.2 Å². The predicted molar refractivity (Wildman–Crippen MR) is 65.4 cm³/mol. The fourth-order valence-electron chi connectivity index (χ4n) is 1.72. The Balaban J connectivity index is 1.96. The van der Waals surface area contributed by atoms with E-state index >= 15 is 0 Å². The second-order valence-corrected chi connectivity index (χ2v) is 3.93. The molecule has 0 saturated carbocycles. The number of nitrogens with zero attached hydrogens (tertiary/aromatic N) is 2. The summed E-state index contributed by atoms with van der Waals surface area (Å²) in [6.07, 6.45) is 4.96. The first-order chi connectivity index (χ1) is 8.72. The highest BCUT2D eigenvalue weighted by Crippen LogP contribution is 2.09. The first-order valence-corrected chi connectivity index (χ1v) is 5.74. The molecule has 0 saturated heterocycles. The van der Waals surface area contributed by atoms with Crippen molar-refractivity contribution in [2.75, 3.05) is 0 Å². The number of carbonyl (C=O) groups excluding carboxylic acids is 1. The summed E-state index contributed by atoms with van der Waals surface area (Å²) in [5.41, 5.74) is 5.55. The minimum atomic E-state index is -0.346. The molecule has 2 aromatic heterocycles. The summed E-state index contributed by atoms with van der Waals surface area (Å²) in [6, 6.07) is 3.25. The Bertz CT molecular complexity index is 504. The first kappa shape index (κ1) is 12.4. The monoisotopic (exact) mass is 248 g/mol. The third-order valence-electron chi connectivity index (χ3n) is 2.75. The van der Waals surface area contributed by atoms with Crippen LogP contribution >= 0.6 is 0 Å². The number of rotatable bonds is 5. The maximum Gasteiger partial charge on any atom is 0.243 e. The molecule has 0 bridgehead atoms. The molecule has 3 N–H and O–H groups in total. The zero-order valence-electron chi connectivity index (χ0n) is 10.2. The van der Waals surface area contributed by atoms with E-state index in [9.17, 15) is 4.79 Å². The van der Waals surface area contributed by atoms with Crippen molar-refractivity contribution in [1.82, 2.24) is 14.9 Å². The van der Waals surface area contributed by atoms with Crippen molar-refractivity contribution in [3.05, 3.63) is 42.4 Å². The molecule has 6 nitrogen and oxygen atoms in total. The molecule has 6 heteroatoms. The van der Waals surface area contributed by atoms with Gasteiger partial charge in [0.15, 0.2) is 0 Å². The predicted octanol–water partition coefficient (Wildman–Crippen LogP) is 0.812. The van der Waals surface area contributed by atoms with Gasteiger partial charge in [-0.25, -0.2) is 4.98 Å². The average molecular weight is 248 g/mol. The van der Waals surface area contributed by atoms with Crippen molar-refractivity contribution in [1.29, 1.82) is 0 Å². The van der Waals surface area contributed by atoms with Gasteiger partial charge in [0, 0.05) is 12.4 Å². The zero-order valence-corrected chi connectivity index (χ0v) is 10.2. The van der Waals surface area contributed by atoms with Crippen LogP contribution in [0.3, 0.4) is 0 Å². The van der Waals surface area contributed by atoms with Crippen LogP contribution in [0.4, 0.5) is 0 Å². The number of carbonyl (C=O) groups is 1. The molecule has 96 valence electrons. The second kappa shape index (κ2) is 5.50. The van der Waals surface area contributed by atoms with Crippen molar-refractivity contribution < 1.29 is 9.21 Å². The third kappa shape index (κ3) is 2.60. The van der Waals surface area contributed by atoms with Crippen LogP contribution in [0.1, 0.15) is 24.6 Å². The molecule has 0 aliphatic heterocycles. The van der Waals surface area contributed by atoms with Crippen molar-refractivity contribution in [3.63, 3.8) is 0 Å². The molecule has 1 amide bonds. The molecule has 0 aromatic carbocycles. The Kier molecular flexibility index (Phi) is 3.78. The highest BCUT2D eigenvalue weighted by atomic mass is 16.3. The molecular weight excluding hydrogens is 232 g/mol. The number of hydrogen-bond acceptors (Lipinski definition) is 4. The minimum absolute atomic E-state index is 0.0981. The molecule has 0 spiro atoms. The van der Waals surface area contributed by atoms with E-state index in [1.165, 1.54) is 0 Å². The second-order valence-electron chi connectivity index (χ2n) is 3.93. The summed E-state index contributed by atoms with van der Waals surface area (Å²) in [4.78, 5) is 16.1. The van der Waals surface area contributed by atoms with Crippen molar-refractivity contribution in [2.24, 2.45) is 5.73 Å². The van der Waals surface area contributed by atoms with Gasteiger partial charge in [0.2, 0.25) is 5.91 Å². The van der Waals surface area contributed by atoms with Gasteiger partial charge >= 0.3 is 0 Å². The summed E-state index contributed by atoms with van der Waals surface area (Å²) < 4.78 is 6.91. The smallest absolute Gasteiger partial charge is 0.243 e. The van der Waals surface area contributed by atoms with Gasteiger partial charge in [0.25, 0.3) is 0 Å². The van der Waals surface area contributed by atoms with E-state index in [1.807, 2.05) is 6.07 Å². The number of imidazole rings is 1. The largest absolute Gasteiger partial charge is 0.467 e. The summed E-state index contributed by atoms with van der Waals surface area (Å²) in [5.74, 6) is 1.31. The molecule has 2 rings (SSSR count). The number of aromatic nitrogens is 2. The van der Waals surface area contributed by atoms with E-state index in [4.69, 9.17) is 10.2 Å². The van der Waals surface area contributed by atoms with Gasteiger partial charge in [-0.1, -0.05) is 0 Å². The van der Waals surface area contributed by atoms with E-state index in [-0.39, 0.29) is 11.9 Å². The number of amides is 1. The van der Waals surface area contributed by atoms with Gasteiger partial charge < -0.3 is 20.0 Å². The molecule has 0 aliphatic rings. The molecule has 1 unspecified atom stereocenters. The fraction of sp³-hybridized carbons (Fsp3) is 0.333. The molecule has 2 heterocycles. The minimum Gasteiger partial charge on any atom is -0.467 e.